The Kier molecular flexibility index (Phi) is 6.08. The second kappa shape index (κ2) is 8.25. The molecular formula is C17H15ClN2O5. The van der Waals surface area contributed by atoms with Crippen molar-refractivity contribution in [2.24, 2.45) is 0 Å². The number of carbonyl (C=O) groups excluding carboxylic acids is 2. The van der Waals surface area contributed by atoms with Gasteiger partial charge in [0.15, 0.2) is 6.10 Å². The van der Waals surface area contributed by atoms with E-state index in [0.717, 1.165) is 11.6 Å². The number of ether oxygens (including phenoxy) is 1. The van der Waals surface area contributed by atoms with Crippen molar-refractivity contribution < 1.29 is 19.2 Å². The quantitative estimate of drug-likeness (QED) is 0.483. The lowest BCUT2D eigenvalue weighted by molar-refractivity contribution is -0.385. The van der Waals surface area contributed by atoms with E-state index in [1.165, 1.54) is 19.1 Å². The molecule has 1 unspecified atom stereocenters. The average molecular weight is 363 g/mol. The van der Waals surface area contributed by atoms with Gasteiger partial charge in [-0.05, 0) is 24.6 Å². The Morgan fingerprint density at radius 3 is 2.56 bits per heavy atom. The fourth-order valence-electron chi connectivity index (χ4n) is 2.03. The van der Waals surface area contributed by atoms with E-state index in [9.17, 15) is 19.7 Å². The van der Waals surface area contributed by atoms with Crippen molar-refractivity contribution in [2.75, 3.05) is 0 Å². The van der Waals surface area contributed by atoms with Crippen molar-refractivity contribution in [3.8, 4) is 0 Å². The lowest BCUT2D eigenvalue weighted by Gasteiger charge is -2.13. The molecule has 0 aliphatic heterocycles. The predicted molar refractivity (Wildman–Crippen MR) is 91.3 cm³/mol. The van der Waals surface area contributed by atoms with Crippen LogP contribution in [-0.4, -0.2) is 22.9 Å². The van der Waals surface area contributed by atoms with Gasteiger partial charge in [-0.15, -0.1) is 0 Å². The van der Waals surface area contributed by atoms with Crippen LogP contribution >= 0.6 is 11.6 Å². The van der Waals surface area contributed by atoms with Crippen LogP contribution in [0.3, 0.4) is 0 Å². The molecule has 0 fully saturated rings. The van der Waals surface area contributed by atoms with Crippen LogP contribution in [0.2, 0.25) is 5.02 Å². The molecular weight excluding hydrogens is 348 g/mol. The van der Waals surface area contributed by atoms with Gasteiger partial charge in [-0.2, -0.15) is 0 Å². The number of halogens is 1. The van der Waals surface area contributed by atoms with E-state index in [4.69, 9.17) is 16.3 Å². The van der Waals surface area contributed by atoms with Crippen molar-refractivity contribution in [3.05, 3.63) is 74.8 Å². The number of nitro groups is 1. The summed E-state index contributed by atoms with van der Waals surface area (Å²) in [7, 11) is 0. The average Bonchev–Trinajstić information content (AvgIpc) is 2.60. The number of nitro benzene ring substituents is 1. The van der Waals surface area contributed by atoms with Crippen LogP contribution in [0, 0.1) is 10.1 Å². The highest BCUT2D eigenvalue weighted by Gasteiger charge is 2.25. The van der Waals surface area contributed by atoms with Crippen molar-refractivity contribution in [3.63, 3.8) is 0 Å². The van der Waals surface area contributed by atoms with Crippen molar-refractivity contribution in [2.45, 2.75) is 19.6 Å². The van der Waals surface area contributed by atoms with E-state index in [2.05, 4.69) is 5.32 Å². The summed E-state index contributed by atoms with van der Waals surface area (Å²) < 4.78 is 5.02. The van der Waals surface area contributed by atoms with Gasteiger partial charge >= 0.3 is 5.97 Å². The number of hydrogen-bond acceptors (Lipinski definition) is 5. The number of nitrogens with one attached hydrogen (secondary N) is 1. The van der Waals surface area contributed by atoms with Crippen LogP contribution in [0.15, 0.2) is 48.5 Å². The number of benzene rings is 2. The van der Waals surface area contributed by atoms with Crippen LogP contribution in [0.5, 0.6) is 0 Å². The molecule has 0 radical (unpaired) electrons. The molecule has 0 saturated carbocycles. The van der Waals surface area contributed by atoms with E-state index >= 15 is 0 Å². The van der Waals surface area contributed by atoms with Crippen LogP contribution in [0.1, 0.15) is 22.8 Å². The highest BCUT2D eigenvalue weighted by atomic mass is 35.5. The van der Waals surface area contributed by atoms with Gasteiger partial charge in [-0.3, -0.25) is 14.9 Å². The number of carbonyl (C=O) groups is 2. The fraction of sp³-hybridized carbons (Fsp3) is 0.176. The topological polar surface area (TPSA) is 98.5 Å². The Morgan fingerprint density at radius 1 is 1.24 bits per heavy atom. The Bertz CT molecular complexity index is 795. The maximum absolute atomic E-state index is 12.1. The largest absolute Gasteiger partial charge is 0.449 e. The van der Waals surface area contributed by atoms with Gasteiger partial charge in [0.1, 0.15) is 5.56 Å². The molecule has 0 bridgehead atoms. The lowest BCUT2D eigenvalue weighted by Crippen LogP contribution is -2.35. The highest BCUT2D eigenvalue weighted by molar-refractivity contribution is 6.31. The first-order valence-corrected chi connectivity index (χ1v) is 7.73. The molecule has 1 N–H and O–H groups in total. The monoisotopic (exact) mass is 362 g/mol. The first-order valence-electron chi connectivity index (χ1n) is 7.35. The molecule has 2 aromatic carbocycles. The zero-order chi connectivity index (χ0) is 18.4. The Hall–Kier alpha value is -2.93. The molecule has 0 aromatic heterocycles. The predicted octanol–water partition coefficient (Wildman–Crippen LogP) is 3.11. The van der Waals surface area contributed by atoms with Gasteiger partial charge in [0.2, 0.25) is 0 Å². The minimum absolute atomic E-state index is 0.122. The molecule has 7 nitrogen and oxygen atoms in total. The number of nitrogens with zero attached hydrogens (tertiary/aromatic N) is 1. The van der Waals surface area contributed by atoms with Gasteiger partial charge in [-0.25, -0.2) is 4.79 Å². The minimum Gasteiger partial charge on any atom is -0.449 e. The standard InChI is InChI=1S/C17H15ClN2O5/c1-11(16(21)19-10-12-5-3-2-4-6-12)25-17(22)14-8-7-13(18)9-15(14)20(23)24/h2-9,11H,10H2,1H3,(H,19,21). The second-order valence-corrected chi connectivity index (χ2v) is 5.61. The number of rotatable bonds is 6. The van der Waals surface area contributed by atoms with Gasteiger partial charge in [0.05, 0.1) is 4.92 Å². The summed E-state index contributed by atoms with van der Waals surface area (Å²) in [5.74, 6) is -1.47. The summed E-state index contributed by atoms with van der Waals surface area (Å²) in [6.45, 7) is 1.67. The van der Waals surface area contributed by atoms with Crippen LogP contribution in [-0.2, 0) is 16.1 Å². The molecule has 0 aliphatic rings. The third-order valence-corrected chi connectivity index (χ3v) is 3.57. The number of esters is 1. The molecule has 0 saturated heterocycles. The zero-order valence-corrected chi connectivity index (χ0v) is 14.0. The summed E-state index contributed by atoms with van der Waals surface area (Å²) in [6.07, 6.45) is -1.11. The second-order valence-electron chi connectivity index (χ2n) is 5.17. The third kappa shape index (κ3) is 5.02. The van der Waals surface area contributed by atoms with E-state index in [1.807, 2.05) is 30.3 Å². The third-order valence-electron chi connectivity index (χ3n) is 3.34. The van der Waals surface area contributed by atoms with E-state index in [-0.39, 0.29) is 17.1 Å². The molecule has 0 aliphatic carbocycles. The van der Waals surface area contributed by atoms with Gasteiger partial charge < -0.3 is 10.1 Å². The SMILES string of the molecule is CC(OC(=O)c1ccc(Cl)cc1[N+](=O)[O-])C(=O)NCc1ccccc1. The summed E-state index contributed by atoms with van der Waals surface area (Å²) in [5.41, 5.74) is 0.147. The summed E-state index contributed by atoms with van der Waals surface area (Å²) in [5, 5.41) is 13.8. The number of hydrogen-bond donors (Lipinski definition) is 1. The summed E-state index contributed by atoms with van der Waals surface area (Å²) >= 11 is 5.70. The van der Waals surface area contributed by atoms with Crippen molar-refractivity contribution >= 4 is 29.2 Å². The van der Waals surface area contributed by atoms with Crippen LogP contribution in [0.4, 0.5) is 5.69 Å². The fourth-order valence-corrected chi connectivity index (χ4v) is 2.20. The first kappa shape index (κ1) is 18.4. The maximum atomic E-state index is 12.1. The van der Waals surface area contributed by atoms with E-state index in [1.54, 1.807) is 0 Å². The Balaban J connectivity index is 2.00. The van der Waals surface area contributed by atoms with Crippen LogP contribution < -0.4 is 5.32 Å². The molecule has 1 atom stereocenters. The van der Waals surface area contributed by atoms with Crippen molar-refractivity contribution in [1.82, 2.24) is 5.32 Å². The maximum Gasteiger partial charge on any atom is 0.345 e. The molecule has 1 amide bonds. The molecule has 130 valence electrons. The molecule has 0 spiro atoms. The first-order chi connectivity index (χ1) is 11.9. The lowest BCUT2D eigenvalue weighted by atomic mass is 10.2. The van der Waals surface area contributed by atoms with E-state index < -0.39 is 28.6 Å². The van der Waals surface area contributed by atoms with E-state index in [0.29, 0.717) is 0 Å². The molecule has 25 heavy (non-hydrogen) atoms. The normalized spacial score (nSPS) is 11.4. The highest BCUT2D eigenvalue weighted by Crippen LogP contribution is 2.24. The van der Waals surface area contributed by atoms with Crippen LogP contribution in [0.25, 0.3) is 0 Å². The zero-order valence-electron chi connectivity index (χ0n) is 13.3. The number of amides is 1. The molecule has 8 heteroatoms. The van der Waals surface area contributed by atoms with Gasteiger partial charge in [-0.1, -0.05) is 41.9 Å². The van der Waals surface area contributed by atoms with Crippen molar-refractivity contribution in [1.29, 1.82) is 0 Å². The Labute approximate surface area is 148 Å². The minimum atomic E-state index is -1.11. The molecule has 0 heterocycles. The van der Waals surface area contributed by atoms with Gasteiger partial charge in [0, 0.05) is 17.6 Å². The van der Waals surface area contributed by atoms with Gasteiger partial charge in [0.25, 0.3) is 11.6 Å². The molecule has 2 rings (SSSR count). The smallest absolute Gasteiger partial charge is 0.345 e. The Morgan fingerprint density at radius 2 is 1.92 bits per heavy atom. The summed E-state index contributed by atoms with van der Waals surface area (Å²) in [6, 6.07) is 12.8. The summed E-state index contributed by atoms with van der Waals surface area (Å²) in [4.78, 5) is 34.4. The molecule has 2 aromatic rings.